The van der Waals surface area contributed by atoms with Crippen LogP contribution in [0.4, 0.5) is 0 Å². The molecule has 0 aliphatic carbocycles. The van der Waals surface area contributed by atoms with E-state index in [9.17, 15) is 0 Å². The van der Waals surface area contributed by atoms with Crippen molar-refractivity contribution in [2.75, 3.05) is 13.2 Å². The van der Waals surface area contributed by atoms with Crippen LogP contribution in [0.3, 0.4) is 0 Å². The Kier molecular flexibility index (Phi) is 1.68. The van der Waals surface area contributed by atoms with Crippen molar-refractivity contribution in [3.8, 4) is 0 Å². The summed E-state index contributed by atoms with van der Waals surface area (Å²) in [5, 5.41) is 0. The predicted molar refractivity (Wildman–Crippen MR) is 37.2 cm³/mol. The van der Waals surface area contributed by atoms with Crippen LogP contribution >= 0.6 is 12.8 Å². The van der Waals surface area contributed by atoms with Crippen molar-refractivity contribution >= 4 is 12.8 Å². The van der Waals surface area contributed by atoms with E-state index in [1.165, 1.54) is 0 Å². The van der Waals surface area contributed by atoms with Gasteiger partial charge in [-0.1, -0.05) is 12.8 Å². The molecule has 0 radical (unpaired) electrons. The molecule has 0 bridgehead atoms. The lowest BCUT2D eigenvalue weighted by molar-refractivity contribution is 0.365. The molecule has 0 fully saturated rings. The molecule has 0 saturated carbocycles. The SMILES string of the molecule is CCN1C=CN(S)C1. The summed E-state index contributed by atoms with van der Waals surface area (Å²) in [7, 11) is 0. The number of hydrogen-bond acceptors (Lipinski definition) is 3. The van der Waals surface area contributed by atoms with Crippen LogP contribution in [0.15, 0.2) is 12.4 Å². The van der Waals surface area contributed by atoms with Crippen molar-refractivity contribution in [2.24, 2.45) is 0 Å². The molecule has 1 aliphatic rings. The molecule has 2 nitrogen and oxygen atoms in total. The second kappa shape index (κ2) is 2.31. The first kappa shape index (κ1) is 5.82. The number of hydrogen-bond donors (Lipinski definition) is 1. The number of nitrogens with zero attached hydrogens (tertiary/aromatic N) is 2. The molecule has 0 saturated heterocycles. The van der Waals surface area contributed by atoms with Gasteiger partial charge in [0.2, 0.25) is 0 Å². The van der Waals surface area contributed by atoms with Gasteiger partial charge in [0.1, 0.15) is 0 Å². The standard InChI is InChI=1S/C5H10N2S/c1-2-6-3-4-7(8)5-6/h3-4,8H,2,5H2,1H3. The van der Waals surface area contributed by atoms with Crippen molar-refractivity contribution in [3.05, 3.63) is 12.4 Å². The van der Waals surface area contributed by atoms with Gasteiger partial charge in [0.05, 0.1) is 6.67 Å². The largest absolute Gasteiger partial charge is 0.358 e. The van der Waals surface area contributed by atoms with E-state index in [1.54, 1.807) is 0 Å². The Morgan fingerprint density at radius 1 is 1.62 bits per heavy atom. The first-order valence-corrected chi connectivity index (χ1v) is 3.11. The first-order valence-electron chi connectivity index (χ1n) is 2.71. The lowest BCUT2D eigenvalue weighted by atomic mass is 10.6. The van der Waals surface area contributed by atoms with Gasteiger partial charge in [-0.25, -0.2) is 0 Å². The second-order valence-electron chi connectivity index (χ2n) is 1.78. The van der Waals surface area contributed by atoms with E-state index in [0.717, 1.165) is 13.2 Å². The summed E-state index contributed by atoms with van der Waals surface area (Å²) in [5.74, 6) is 0. The summed E-state index contributed by atoms with van der Waals surface area (Å²) in [6, 6.07) is 0. The molecule has 1 heterocycles. The fourth-order valence-corrected chi connectivity index (χ4v) is 0.879. The van der Waals surface area contributed by atoms with Crippen LogP contribution in [-0.4, -0.2) is 22.4 Å². The van der Waals surface area contributed by atoms with E-state index in [1.807, 2.05) is 16.7 Å². The fourth-order valence-electron chi connectivity index (χ4n) is 0.657. The highest BCUT2D eigenvalue weighted by Crippen LogP contribution is 2.06. The van der Waals surface area contributed by atoms with Crippen LogP contribution in [0.5, 0.6) is 0 Å². The molecule has 1 rings (SSSR count). The van der Waals surface area contributed by atoms with Crippen molar-refractivity contribution in [1.82, 2.24) is 9.21 Å². The Labute approximate surface area is 55.3 Å². The highest BCUT2D eigenvalue weighted by molar-refractivity contribution is 7.77. The second-order valence-corrected chi connectivity index (χ2v) is 2.30. The van der Waals surface area contributed by atoms with Crippen LogP contribution in [-0.2, 0) is 0 Å². The van der Waals surface area contributed by atoms with Gasteiger partial charge < -0.3 is 9.21 Å². The van der Waals surface area contributed by atoms with E-state index in [0.29, 0.717) is 0 Å². The highest BCUT2D eigenvalue weighted by Gasteiger charge is 2.04. The van der Waals surface area contributed by atoms with E-state index < -0.39 is 0 Å². The zero-order valence-electron chi connectivity index (χ0n) is 4.91. The van der Waals surface area contributed by atoms with Crippen LogP contribution < -0.4 is 0 Å². The minimum atomic E-state index is 0.916. The zero-order chi connectivity index (χ0) is 5.98. The quantitative estimate of drug-likeness (QED) is 0.527. The first-order chi connectivity index (χ1) is 3.83. The van der Waals surface area contributed by atoms with Crippen molar-refractivity contribution < 1.29 is 0 Å². The zero-order valence-corrected chi connectivity index (χ0v) is 5.80. The third-order valence-corrected chi connectivity index (χ3v) is 1.44. The molecule has 0 amide bonds. The average Bonchev–Trinajstić information content (AvgIpc) is 2.14. The van der Waals surface area contributed by atoms with Crippen LogP contribution in [0.2, 0.25) is 0 Å². The molecule has 46 valence electrons. The van der Waals surface area contributed by atoms with E-state index in [-0.39, 0.29) is 0 Å². The van der Waals surface area contributed by atoms with Crippen LogP contribution in [0.1, 0.15) is 6.92 Å². The third-order valence-electron chi connectivity index (χ3n) is 1.18. The van der Waals surface area contributed by atoms with Crippen molar-refractivity contribution in [3.63, 3.8) is 0 Å². The van der Waals surface area contributed by atoms with Crippen LogP contribution in [0, 0.1) is 0 Å². The molecule has 0 aromatic carbocycles. The fraction of sp³-hybridized carbons (Fsp3) is 0.600. The maximum atomic E-state index is 4.11. The molecular formula is C5H10N2S. The molecule has 0 aromatic heterocycles. The van der Waals surface area contributed by atoms with Gasteiger partial charge in [0.15, 0.2) is 0 Å². The molecule has 1 aliphatic heterocycles. The van der Waals surface area contributed by atoms with E-state index in [2.05, 4.69) is 24.6 Å². The average molecular weight is 130 g/mol. The maximum Gasteiger partial charge on any atom is 0.0996 e. The van der Waals surface area contributed by atoms with E-state index in [4.69, 9.17) is 0 Å². The van der Waals surface area contributed by atoms with Gasteiger partial charge in [-0.3, -0.25) is 0 Å². The summed E-state index contributed by atoms with van der Waals surface area (Å²) in [6.45, 7) is 4.10. The summed E-state index contributed by atoms with van der Waals surface area (Å²) < 4.78 is 1.85. The lowest BCUT2D eigenvalue weighted by Gasteiger charge is -2.13. The van der Waals surface area contributed by atoms with Gasteiger partial charge in [-0.05, 0) is 6.92 Å². The summed E-state index contributed by atoms with van der Waals surface area (Å²) in [6.07, 6.45) is 3.99. The third kappa shape index (κ3) is 1.10. The summed E-state index contributed by atoms with van der Waals surface area (Å²) >= 11 is 4.11. The molecule has 0 N–H and O–H groups in total. The van der Waals surface area contributed by atoms with Crippen molar-refractivity contribution in [1.29, 1.82) is 0 Å². The van der Waals surface area contributed by atoms with E-state index >= 15 is 0 Å². The highest BCUT2D eigenvalue weighted by atomic mass is 32.1. The molecule has 0 atom stereocenters. The Balaban J connectivity index is 2.34. The van der Waals surface area contributed by atoms with Gasteiger partial charge in [-0.15, -0.1) is 0 Å². The Morgan fingerprint density at radius 3 is 2.62 bits per heavy atom. The molecule has 0 aromatic rings. The Hall–Kier alpha value is -0.310. The Morgan fingerprint density at radius 2 is 2.38 bits per heavy atom. The minimum Gasteiger partial charge on any atom is -0.358 e. The Bertz CT molecular complexity index is 103. The van der Waals surface area contributed by atoms with Gasteiger partial charge >= 0.3 is 0 Å². The summed E-state index contributed by atoms with van der Waals surface area (Å²) in [4.78, 5) is 2.17. The van der Waals surface area contributed by atoms with Gasteiger partial charge in [0, 0.05) is 18.9 Å². The topological polar surface area (TPSA) is 6.48 Å². The normalized spacial score (nSPS) is 18.2. The van der Waals surface area contributed by atoms with Gasteiger partial charge in [-0.2, -0.15) is 0 Å². The minimum absolute atomic E-state index is 0.916. The van der Waals surface area contributed by atoms with Crippen molar-refractivity contribution in [2.45, 2.75) is 6.92 Å². The molecule has 0 spiro atoms. The van der Waals surface area contributed by atoms with Crippen LogP contribution in [0.25, 0.3) is 0 Å². The lowest BCUT2D eigenvalue weighted by Crippen LogP contribution is -2.18. The molecule has 3 heteroatoms. The molecular weight excluding hydrogens is 120 g/mol. The van der Waals surface area contributed by atoms with Gasteiger partial charge in [0.25, 0.3) is 0 Å². The molecule has 8 heavy (non-hydrogen) atoms. The predicted octanol–water partition coefficient (Wildman–Crippen LogP) is 0.897. The smallest absolute Gasteiger partial charge is 0.0996 e. The monoisotopic (exact) mass is 130 g/mol. The number of thiol groups is 1. The summed E-state index contributed by atoms with van der Waals surface area (Å²) in [5.41, 5.74) is 0. The number of rotatable bonds is 1. The molecule has 0 unspecified atom stereocenters. The maximum absolute atomic E-state index is 4.11.